The summed E-state index contributed by atoms with van der Waals surface area (Å²) in [6.45, 7) is 0.304. The summed E-state index contributed by atoms with van der Waals surface area (Å²) in [5.74, 6) is -1.71. The molecular formula is C12H13BrO4. The van der Waals surface area contributed by atoms with Crippen molar-refractivity contribution in [2.24, 2.45) is 0 Å². The molecule has 0 saturated carbocycles. The number of halogens is 1. The van der Waals surface area contributed by atoms with Crippen molar-refractivity contribution in [1.29, 1.82) is 0 Å². The lowest BCUT2D eigenvalue weighted by Crippen LogP contribution is -2.12. The third kappa shape index (κ3) is 4.19. The molecule has 0 atom stereocenters. The number of alkyl halides is 1. The van der Waals surface area contributed by atoms with Crippen molar-refractivity contribution in [3.63, 3.8) is 0 Å². The van der Waals surface area contributed by atoms with Crippen molar-refractivity contribution >= 4 is 27.9 Å². The van der Waals surface area contributed by atoms with E-state index in [2.05, 4.69) is 15.9 Å². The Bertz CT molecular complexity index is 403. The van der Waals surface area contributed by atoms with Gasteiger partial charge in [-0.1, -0.05) is 28.1 Å². The van der Waals surface area contributed by atoms with Crippen LogP contribution in [0.1, 0.15) is 33.6 Å². The Balaban J connectivity index is 2.65. The number of carbonyl (C=O) groups excluding carboxylic acids is 1. The minimum absolute atomic E-state index is 0.0296. The van der Waals surface area contributed by atoms with Crippen molar-refractivity contribution in [3.05, 3.63) is 35.4 Å². The molecule has 0 fully saturated rings. The van der Waals surface area contributed by atoms with Gasteiger partial charge in [0.1, 0.15) is 0 Å². The first kappa shape index (κ1) is 13.7. The summed E-state index contributed by atoms with van der Waals surface area (Å²) in [6, 6.07) is 6.03. The van der Waals surface area contributed by atoms with Gasteiger partial charge in [0.25, 0.3) is 0 Å². The van der Waals surface area contributed by atoms with E-state index in [0.29, 0.717) is 6.61 Å². The highest BCUT2D eigenvalue weighted by molar-refractivity contribution is 9.09. The summed E-state index contributed by atoms with van der Waals surface area (Å²) in [5, 5.41) is 9.77. The van der Waals surface area contributed by atoms with E-state index in [1.165, 1.54) is 12.1 Å². The molecule has 0 aliphatic carbocycles. The SMILES string of the molecule is O=C(O)c1ccccc1C(=O)OCCCCBr. The third-order valence-corrected chi connectivity index (χ3v) is 2.70. The van der Waals surface area contributed by atoms with Crippen LogP contribution in [0.4, 0.5) is 0 Å². The molecule has 0 bridgehead atoms. The Morgan fingerprint density at radius 2 is 1.82 bits per heavy atom. The van der Waals surface area contributed by atoms with Crippen LogP contribution < -0.4 is 0 Å². The molecule has 92 valence electrons. The van der Waals surface area contributed by atoms with Gasteiger partial charge in [-0.25, -0.2) is 9.59 Å². The van der Waals surface area contributed by atoms with Gasteiger partial charge in [-0.15, -0.1) is 0 Å². The van der Waals surface area contributed by atoms with Gasteiger partial charge in [-0.05, 0) is 25.0 Å². The molecule has 1 aromatic rings. The number of unbranched alkanes of at least 4 members (excludes halogenated alkanes) is 1. The van der Waals surface area contributed by atoms with E-state index in [0.717, 1.165) is 18.2 Å². The van der Waals surface area contributed by atoms with E-state index in [1.807, 2.05) is 0 Å². The average Bonchev–Trinajstić information content (AvgIpc) is 2.34. The number of esters is 1. The summed E-state index contributed by atoms with van der Waals surface area (Å²) < 4.78 is 5.00. The second-order valence-corrected chi connectivity index (χ2v) is 4.18. The Morgan fingerprint density at radius 1 is 1.18 bits per heavy atom. The van der Waals surface area contributed by atoms with Crippen molar-refractivity contribution in [3.8, 4) is 0 Å². The summed E-state index contributed by atoms with van der Waals surface area (Å²) in [6.07, 6.45) is 1.67. The zero-order valence-corrected chi connectivity index (χ0v) is 10.8. The fourth-order valence-corrected chi connectivity index (χ4v) is 1.68. The Labute approximate surface area is 108 Å². The fourth-order valence-electron chi connectivity index (χ4n) is 1.29. The lowest BCUT2D eigenvalue weighted by Gasteiger charge is -2.06. The van der Waals surface area contributed by atoms with Crippen LogP contribution in [-0.2, 0) is 4.74 Å². The number of rotatable bonds is 6. The third-order valence-electron chi connectivity index (χ3n) is 2.14. The van der Waals surface area contributed by atoms with Gasteiger partial charge < -0.3 is 9.84 Å². The van der Waals surface area contributed by atoms with E-state index in [-0.39, 0.29) is 11.1 Å². The minimum atomic E-state index is -1.13. The summed E-state index contributed by atoms with van der Waals surface area (Å²) >= 11 is 3.27. The van der Waals surface area contributed by atoms with E-state index < -0.39 is 11.9 Å². The second-order valence-electron chi connectivity index (χ2n) is 3.38. The zero-order chi connectivity index (χ0) is 12.7. The zero-order valence-electron chi connectivity index (χ0n) is 9.19. The Kier molecular flexibility index (Phi) is 5.69. The van der Waals surface area contributed by atoms with Gasteiger partial charge in [-0.2, -0.15) is 0 Å². The normalized spacial score (nSPS) is 9.94. The first-order valence-corrected chi connectivity index (χ1v) is 6.34. The number of carboxylic acids is 1. The van der Waals surface area contributed by atoms with Crippen LogP contribution in [0.15, 0.2) is 24.3 Å². The highest BCUT2D eigenvalue weighted by Crippen LogP contribution is 2.10. The lowest BCUT2D eigenvalue weighted by molar-refractivity contribution is 0.0489. The maximum absolute atomic E-state index is 11.6. The van der Waals surface area contributed by atoms with Gasteiger partial charge in [-0.3, -0.25) is 0 Å². The van der Waals surface area contributed by atoms with Crippen LogP contribution in [0, 0.1) is 0 Å². The highest BCUT2D eigenvalue weighted by atomic mass is 79.9. The number of carboxylic acid groups (broad SMARTS) is 1. The molecule has 0 unspecified atom stereocenters. The number of benzene rings is 1. The molecular weight excluding hydrogens is 288 g/mol. The number of hydrogen-bond acceptors (Lipinski definition) is 3. The molecule has 0 heterocycles. The van der Waals surface area contributed by atoms with Gasteiger partial charge in [0.2, 0.25) is 0 Å². The number of carbonyl (C=O) groups is 2. The van der Waals surface area contributed by atoms with Crippen molar-refractivity contribution in [2.75, 3.05) is 11.9 Å². The first-order chi connectivity index (χ1) is 8.16. The largest absolute Gasteiger partial charge is 0.478 e. The average molecular weight is 301 g/mol. The number of hydrogen-bond donors (Lipinski definition) is 1. The molecule has 0 amide bonds. The fraction of sp³-hybridized carbons (Fsp3) is 0.333. The molecule has 0 aliphatic rings. The Hall–Kier alpha value is -1.36. The topological polar surface area (TPSA) is 63.6 Å². The highest BCUT2D eigenvalue weighted by Gasteiger charge is 2.16. The van der Waals surface area contributed by atoms with E-state index in [1.54, 1.807) is 12.1 Å². The van der Waals surface area contributed by atoms with Gasteiger partial charge in [0, 0.05) is 5.33 Å². The van der Waals surface area contributed by atoms with Crippen molar-refractivity contribution < 1.29 is 19.4 Å². The van der Waals surface area contributed by atoms with Crippen LogP contribution in [0.2, 0.25) is 0 Å². The summed E-state index contributed by atoms with van der Waals surface area (Å²) in [5.41, 5.74) is 0.0665. The van der Waals surface area contributed by atoms with Gasteiger partial charge >= 0.3 is 11.9 Å². The molecule has 1 aromatic carbocycles. The van der Waals surface area contributed by atoms with Crippen molar-refractivity contribution in [1.82, 2.24) is 0 Å². The molecule has 4 nitrogen and oxygen atoms in total. The van der Waals surface area contributed by atoms with Crippen LogP contribution in [0.5, 0.6) is 0 Å². The maximum atomic E-state index is 11.6. The van der Waals surface area contributed by atoms with Crippen LogP contribution in [-0.4, -0.2) is 29.0 Å². The minimum Gasteiger partial charge on any atom is -0.478 e. The van der Waals surface area contributed by atoms with Crippen LogP contribution in [0.3, 0.4) is 0 Å². The standard InChI is InChI=1S/C12H13BrO4/c13-7-3-4-8-17-12(16)10-6-2-1-5-9(10)11(14)15/h1-2,5-6H,3-4,7-8H2,(H,14,15). The summed E-state index contributed by atoms with van der Waals surface area (Å²) in [4.78, 5) is 22.5. The molecule has 0 saturated heterocycles. The lowest BCUT2D eigenvalue weighted by atomic mass is 10.1. The quantitative estimate of drug-likeness (QED) is 0.498. The van der Waals surface area contributed by atoms with Gasteiger partial charge in [0.05, 0.1) is 17.7 Å². The van der Waals surface area contributed by atoms with E-state index in [4.69, 9.17) is 9.84 Å². The van der Waals surface area contributed by atoms with Crippen molar-refractivity contribution in [2.45, 2.75) is 12.8 Å². The number of aromatic carboxylic acids is 1. The smallest absolute Gasteiger partial charge is 0.339 e. The Morgan fingerprint density at radius 3 is 2.41 bits per heavy atom. The van der Waals surface area contributed by atoms with E-state index in [9.17, 15) is 9.59 Å². The second kappa shape index (κ2) is 7.06. The van der Waals surface area contributed by atoms with Gasteiger partial charge in [0.15, 0.2) is 0 Å². The summed E-state index contributed by atoms with van der Waals surface area (Å²) in [7, 11) is 0. The van der Waals surface area contributed by atoms with E-state index >= 15 is 0 Å². The van der Waals surface area contributed by atoms with Crippen LogP contribution in [0.25, 0.3) is 0 Å². The molecule has 0 aromatic heterocycles. The van der Waals surface area contributed by atoms with Crippen LogP contribution >= 0.6 is 15.9 Å². The molecule has 17 heavy (non-hydrogen) atoms. The molecule has 1 N–H and O–H groups in total. The maximum Gasteiger partial charge on any atom is 0.339 e. The monoisotopic (exact) mass is 300 g/mol. The predicted molar refractivity (Wildman–Crippen MR) is 66.7 cm³/mol. The molecule has 0 aliphatic heterocycles. The molecule has 1 rings (SSSR count). The first-order valence-electron chi connectivity index (χ1n) is 5.22. The number of ether oxygens (including phenoxy) is 1. The molecule has 0 spiro atoms. The predicted octanol–water partition coefficient (Wildman–Crippen LogP) is 2.72. The molecule has 5 heteroatoms. The molecule has 0 radical (unpaired) electrons.